The molecular formula is C29H41N3O5S. The van der Waals surface area contributed by atoms with E-state index in [9.17, 15) is 19.5 Å². The number of carboxylic acids is 1. The highest BCUT2D eigenvalue weighted by molar-refractivity contribution is 7.98. The highest BCUT2D eigenvalue weighted by Crippen LogP contribution is 2.28. The minimum atomic E-state index is -1.01. The summed E-state index contributed by atoms with van der Waals surface area (Å²) in [5, 5.41) is 12.0. The summed E-state index contributed by atoms with van der Waals surface area (Å²) in [6.45, 7) is 8.67. The van der Waals surface area contributed by atoms with Crippen LogP contribution in [0, 0.1) is 13.8 Å². The maximum Gasteiger partial charge on any atom is 0.326 e. The van der Waals surface area contributed by atoms with Crippen molar-refractivity contribution in [1.29, 1.82) is 0 Å². The number of aliphatic carboxylic acids is 1. The number of hydrogen-bond acceptors (Lipinski definition) is 6. The lowest BCUT2D eigenvalue weighted by atomic mass is 9.94. The van der Waals surface area contributed by atoms with Gasteiger partial charge in [-0.2, -0.15) is 11.8 Å². The number of nitrogens with one attached hydrogen (secondary N) is 1. The van der Waals surface area contributed by atoms with Gasteiger partial charge in [-0.05, 0) is 61.5 Å². The van der Waals surface area contributed by atoms with Crippen LogP contribution in [0.3, 0.4) is 0 Å². The molecular weight excluding hydrogens is 502 g/mol. The van der Waals surface area contributed by atoms with Gasteiger partial charge >= 0.3 is 5.97 Å². The van der Waals surface area contributed by atoms with E-state index in [-0.39, 0.29) is 17.9 Å². The molecule has 3 rings (SSSR count). The van der Waals surface area contributed by atoms with Gasteiger partial charge in [-0.3, -0.25) is 9.59 Å². The summed E-state index contributed by atoms with van der Waals surface area (Å²) in [5.74, 6) is -0.612. The topological polar surface area (TPSA) is 122 Å². The number of benzene rings is 2. The molecule has 2 aromatic rings. The van der Waals surface area contributed by atoms with Crippen molar-refractivity contribution in [2.45, 2.75) is 52.1 Å². The Hall–Kier alpha value is -2.88. The van der Waals surface area contributed by atoms with Crippen LogP contribution in [0.1, 0.15) is 47.7 Å². The molecule has 2 amide bonds. The van der Waals surface area contributed by atoms with Crippen LogP contribution in [-0.4, -0.2) is 78.2 Å². The van der Waals surface area contributed by atoms with E-state index in [0.29, 0.717) is 44.0 Å². The van der Waals surface area contributed by atoms with E-state index in [1.54, 1.807) is 22.7 Å². The molecule has 0 radical (unpaired) electrons. The Balaban J connectivity index is 0.000000328. The summed E-state index contributed by atoms with van der Waals surface area (Å²) < 4.78 is 5.15. The quantitative estimate of drug-likeness (QED) is 0.416. The average molecular weight is 544 g/mol. The zero-order chi connectivity index (χ0) is 28.1. The van der Waals surface area contributed by atoms with Crippen LogP contribution >= 0.6 is 11.8 Å². The largest absolute Gasteiger partial charge is 0.480 e. The summed E-state index contributed by atoms with van der Waals surface area (Å²) in [6, 6.07) is 12.3. The van der Waals surface area contributed by atoms with E-state index in [2.05, 4.69) is 5.32 Å². The number of carbonyl (C=O) groups excluding carboxylic acids is 2. The van der Waals surface area contributed by atoms with E-state index >= 15 is 0 Å². The zero-order valence-electron chi connectivity index (χ0n) is 22.9. The van der Waals surface area contributed by atoms with E-state index in [0.717, 1.165) is 35.1 Å². The third-order valence-corrected chi connectivity index (χ3v) is 6.95. The summed E-state index contributed by atoms with van der Waals surface area (Å²) in [6.07, 6.45) is 4.04. The molecule has 0 bridgehead atoms. The van der Waals surface area contributed by atoms with E-state index in [1.807, 2.05) is 63.4 Å². The van der Waals surface area contributed by atoms with Crippen molar-refractivity contribution in [3.05, 3.63) is 59.2 Å². The number of rotatable bonds is 10. The Kier molecular flexibility index (Phi) is 13.3. The van der Waals surface area contributed by atoms with Crippen molar-refractivity contribution in [3.63, 3.8) is 0 Å². The molecule has 2 atom stereocenters. The normalized spacial score (nSPS) is 14.6. The molecule has 1 aliphatic heterocycles. The molecule has 1 heterocycles. The van der Waals surface area contributed by atoms with Crippen LogP contribution in [0.5, 0.6) is 0 Å². The molecule has 2 unspecified atom stereocenters. The minimum absolute atomic E-state index is 0.0742. The third kappa shape index (κ3) is 9.45. The van der Waals surface area contributed by atoms with Gasteiger partial charge in [0.15, 0.2) is 0 Å². The summed E-state index contributed by atoms with van der Waals surface area (Å²) in [7, 11) is 0. The van der Waals surface area contributed by atoms with E-state index in [1.165, 1.54) is 0 Å². The van der Waals surface area contributed by atoms with Gasteiger partial charge in [-0.1, -0.05) is 55.3 Å². The van der Waals surface area contributed by atoms with Crippen LogP contribution in [0.15, 0.2) is 42.5 Å². The first kappa shape index (κ1) is 31.3. The number of nitrogens with zero attached hydrogens (tertiary/aromatic N) is 1. The smallest absolute Gasteiger partial charge is 0.326 e. The number of amides is 2. The van der Waals surface area contributed by atoms with Gasteiger partial charge in [0.05, 0.1) is 19.3 Å². The van der Waals surface area contributed by atoms with Gasteiger partial charge in [0, 0.05) is 18.7 Å². The van der Waals surface area contributed by atoms with E-state index in [4.69, 9.17) is 10.5 Å². The second kappa shape index (κ2) is 16.2. The first-order valence-electron chi connectivity index (χ1n) is 13.0. The Bertz CT molecular complexity index is 1070. The van der Waals surface area contributed by atoms with Gasteiger partial charge in [0.2, 0.25) is 5.91 Å². The molecule has 0 aliphatic carbocycles. The molecule has 1 saturated heterocycles. The highest BCUT2D eigenvalue weighted by Gasteiger charge is 2.23. The number of nitrogens with two attached hydrogens (primary N) is 1. The van der Waals surface area contributed by atoms with Crippen molar-refractivity contribution in [3.8, 4) is 11.1 Å². The first-order valence-corrected chi connectivity index (χ1v) is 14.4. The number of hydrogen-bond donors (Lipinski definition) is 3. The van der Waals surface area contributed by atoms with Crippen molar-refractivity contribution in [2.75, 3.05) is 38.3 Å². The fraction of sp³-hybridized carbons (Fsp3) is 0.483. The summed E-state index contributed by atoms with van der Waals surface area (Å²) >= 11 is 1.56. The Labute approximate surface area is 230 Å². The number of morpholine rings is 1. The summed E-state index contributed by atoms with van der Waals surface area (Å²) in [4.78, 5) is 37.6. The van der Waals surface area contributed by atoms with Crippen molar-refractivity contribution in [1.82, 2.24) is 10.2 Å². The molecule has 2 aromatic carbocycles. The average Bonchev–Trinajstić information content (AvgIpc) is 2.91. The van der Waals surface area contributed by atoms with Crippen LogP contribution in [0.2, 0.25) is 0 Å². The standard InChI is InChI=1S/C20H23NO3S.C9H18N2O2/c1-13-8-9-16(17(12-13)15-7-5-4-6-14(15)2)19(22)21-18(20(23)24)10-11-25-3;1-2-3-8(10)9(12)11-4-6-13-7-5-11/h4-9,12,18H,10-11H2,1-3H3,(H,21,22)(H,23,24);8H,2-7,10H2,1H3. The number of carbonyl (C=O) groups is 3. The van der Waals surface area contributed by atoms with Crippen molar-refractivity contribution >= 4 is 29.5 Å². The molecule has 4 N–H and O–H groups in total. The Morgan fingerprint density at radius 3 is 2.37 bits per heavy atom. The lowest BCUT2D eigenvalue weighted by Gasteiger charge is -2.29. The molecule has 1 fully saturated rings. The number of thioether (sulfide) groups is 1. The molecule has 8 nitrogen and oxygen atoms in total. The maximum absolute atomic E-state index is 12.8. The summed E-state index contributed by atoms with van der Waals surface area (Å²) in [5.41, 5.74) is 10.1. The van der Waals surface area contributed by atoms with E-state index < -0.39 is 12.0 Å². The van der Waals surface area contributed by atoms with Crippen molar-refractivity contribution in [2.24, 2.45) is 5.73 Å². The lowest BCUT2D eigenvalue weighted by molar-refractivity contribution is -0.139. The van der Waals surface area contributed by atoms with Crippen molar-refractivity contribution < 1.29 is 24.2 Å². The second-order valence-electron chi connectivity index (χ2n) is 9.34. The van der Waals surface area contributed by atoms with Crippen LogP contribution in [0.25, 0.3) is 11.1 Å². The molecule has 0 spiro atoms. The van der Waals surface area contributed by atoms with Crippen LogP contribution in [0.4, 0.5) is 0 Å². The highest BCUT2D eigenvalue weighted by atomic mass is 32.2. The molecule has 0 saturated carbocycles. The van der Waals surface area contributed by atoms with Crippen LogP contribution in [-0.2, 0) is 14.3 Å². The monoisotopic (exact) mass is 543 g/mol. The number of ether oxygens (including phenoxy) is 1. The number of carboxylic acid groups (broad SMARTS) is 1. The second-order valence-corrected chi connectivity index (χ2v) is 10.3. The predicted molar refractivity (Wildman–Crippen MR) is 154 cm³/mol. The van der Waals surface area contributed by atoms with Gasteiger partial charge < -0.3 is 25.8 Å². The fourth-order valence-corrected chi connectivity index (χ4v) is 4.61. The molecule has 208 valence electrons. The van der Waals surface area contributed by atoms with Gasteiger partial charge in [0.1, 0.15) is 6.04 Å². The predicted octanol–water partition coefficient (Wildman–Crippen LogP) is 3.88. The molecule has 9 heteroatoms. The minimum Gasteiger partial charge on any atom is -0.480 e. The first-order chi connectivity index (χ1) is 18.2. The Morgan fingerprint density at radius 2 is 1.76 bits per heavy atom. The Morgan fingerprint density at radius 1 is 1.08 bits per heavy atom. The third-order valence-electron chi connectivity index (χ3n) is 6.31. The SMILES string of the molecule is CCCC(N)C(=O)N1CCOCC1.CSCCC(NC(=O)c1ccc(C)cc1-c1ccccc1C)C(=O)O. The molecule has 1 aliphatic rings. The van der Waals surface area contributed by atoms with Gasteiger partial charge in [-0.15, -0.1) is 0 Å². The fourth-order valence-electron chi connectivity index (χ4n) is 4.14. The van der Waals surface area contributed by atoms with Crippen LogP contribution < -0.4 is 11.1 Å². The lowest BCUT2D eigenvalue weighted by Crippen LogP contribution is -2.48. The van der Waals surface area contributed by atoms with Gasteiger partial charge in [0.25, 0.3) is 5.91 Å². The zero-order valence-corrected chi connectivity index (χ0v) is 23.7. The number of aryl methyl sites for hydroxylation is 2. The molecule has 0 aromatic heterocycles. The maximum atomic E-state index is 12.8. The molecule has 38 heavy (non-hydrogen) atoms. The van der Waals surface area contributed by atoms with Gasteiger partial charge in [-0.25, -0.2) is 4.79 Å².